The van der Waals surface area contributed by atoms with Crippen LogP contribution in [0.1, 0.15) is 44.1 Å². The minimum absolute atomic E-state index is 0.0133. The van der Waals surface area contributed by atoms with Crippen LogP contribution < -0.4 is 15.4 Å². The van der Waals surface area contributed by atoms with Crippen molar-refractivity contribution in [3.05, 3.63) is 53.1 Å². The predicted molar refractivity (Wildman–Crippen MR) is 149 cm³/mol. The molecule has 1 aliphatic carbocycles. The molecule has 2 aromatic carbocycles. The second-order valence-electron chi connectivity index (χ2n) is 9.34. The van der Waals surface area contributed by atoms with Crippen molar-refractivity contribution in [3.8, 4) is 5.75 Å². The molecule has 11 heteroatoms. The van der Waals surface area contributed by atoms with Crippen LogP contribution in [0.2, 0.25) is 5.02 Å². The van der Waals surface area contributed by atoms with Crippen molar-refractivity contribution in [2.75, 3.05) is 18.2 Å². The molecule has 1 saturated carbocycles. The van der Waals surface area contributed by atoms with Crippen molar-refractivity contribution < 1.29 is 19.1 Å². The maximum Gasteiger partial charge on any atom is 0.259 e. The van der Waals surface area contributed by atoms with E-state index in [0.29, 0.717) is 38.7 Å². The van der Waals surface area contributed by atoms with Gasteiger partial charge in [-0.1, -0.05) is 54.8 Å². The summed E-state index contributed by atoms with van der Waals surface area (Å²) < 4.78 is 5.29. The zero-order valence-electron chi connectivity index (χ0n) is 20.9. The maximum absolute atomic E-state index is 13.4. The highest BCUT2D eigenvalue weighted by atomic mass is 35.5. The summed E-state index contributed by atoms with van der Waals surface area (Å²) in [4.78, 5) is 49.7. The van der Waals surface area contributed by atoms with Gasteiger partial charge in [0.05, 0.1) is 30.7 Å². The SMILES string of the molecule is COc1ccc(Cl)cc1NC(=O)CSC1=Nc2ccccc2C2=NC(CC(=O)NC3CCCCC3)C(=O)N12. The first-order chi connectivity index (χ1) is 18.4. The van der Waals surface area contributed by atoms with Gasteiger partial charge in [0.15, 0.2) is 5.17 Å². The standard InChI is InChI=1S/C27H28ClN5O4S/c1-37-22-12-11-16(28)13-20(22)30-24(35)15-38-27-32-19-10-6-5-9-18(19)25-31-21(26(36)33(25)27)14-23(34)29-17-7-3-2-4-8-17/h5-6,9-13,17,21H,2-4,7-8,14-15H2,1H3,(H,29,34)(H,30,35). The molecule has 0 radical (unpaired) electrons. The summed E-state index contributed by atoms with van der Waals surface area (Å²) in [7, 11) is 1.51. The second-order valence-corrected chi connectivity index (χ2v) is 10.7. The van der Waals surface area contributed by atoms with Crippen molar-refractivity contribution in [3.63, 3.8) is 0 Å². The molecule has 1 unspecified atom stereocenters. The lowest BCUT2D eigenvalue weighted by atomic mass is 9.95. The summed E-state index contributed by atoms with van der Waals surface area (Å²) in [6.07, 6.45) is 5.32. The van der Waals surface area contributed by atoms with Crippen LogP contribution in [0.4, 0.5) is 11.4 Å². The molecule has 0 spiro atoms. The first-order valence-electron chi connectivity index (χ1n) is 12.6. The van der Waals surface area contributed by atoms with Crippen LogP contribution in [-0.4, -0.2) is 58.6 Å². The molecule has 198 valence electrons. The number of thioether (sulfide) groups is 1. The van der Waals surface area contributed by atoms with Gasteiger partial charge in [-0.15, -0.1) is 0 Å². The average Bonchev–Trinajstić information content (AvgIpc) is 3.24. The number of anilines is 1. The Bertz CT molecular complexity index is 1320. The largest absolute Gasteiger partial charge is 0.495 e. The lowest BCUT2D eigenvalue weighted by Crippen LogP contribution is -2.43. The van der Waals surface area contributed by atoms with Crippen molar-refractivity contribution in [2.24, 2.45) is 9.98 Å². The molecule has 2 N–H and O–H groups in total. The number of fused-ring (bicyclic) bond motifs is 3. The molecular formula is C27H28ClN5O4S. The summed E-state index contributed by atoms with van der Waals surface area (Å²) in [5.74, 6) is 0.113. The Morgan fingerprint density at radius 2 is 1.92 bits per heavy atom. The monoisotopic (exact) mass is 553 g/mol. The Kier molecular flexibility index (Phi) is 7.99. The van der Waals surface area contributed by atoms with Gasteiger partial charge in [-0.3, -0.25) is 19.4 Å². The van der Waals surface area contributed by atoms with Gasteiger partial charge >= 0.3 is 0 Å². The topological polar surface area (TPSA) is 112 Å². The number of nitrogens with one attached hydrogen (secondary N) is 2. The molecule has 9 nitrogen and oxygen atoms in total. The minimum Gasteiger partial charge on any atom is -0.495 e. The van der Waals surface area contributed by atoms with Crippen LogP contribution in [0.15, 0.2) is 52.4 Å². The van der Waals surface area contributed by atoms with Crippen molar-refractivity contribution in [2.45, 2.75) is 50.6 Å². The molecule has 1 fully saturated rings. The van der Waals surface area contributed by atoms with Crippen LogP contribution >= 0.6 is 23.4 Å². The van der Waals surface area contributed by atoms with E-state index in [4.69, 9.17) is 16.3 Å². The quantitative estimate of drug-likeness (QED) is 0.523. The molecule has 0 bridgehead atoms. The van der Waals surface area contributed by atoms with Crippen molar-refractivity contribution >= 4 is 63.5 Å². The third kappa shape index (κ3) is 5.71. The second kappa shape index (κ2) is 11.6. The number of hydrogen-bond acceptors (Lipinski definition) is 7. The van der Waals surface area contributed by atoms with Gasteiger partial charge in [0.1, 0.15) is 17.6 Å². The van der Waals surface area contributed by atoms with E-state index in [9.17, 15) is 14.4 Å². The van der Waals surface area contributed by atoms with E-state index in [1.54, 1.807) is 18.2 Å². The number of amides is 3. The Morgan fingerprint density at radius 3 is 2.71 bits per heavy atom. The number of halogens is 1. The number of carbonyl (C=O) groups excluding carboxylic acids is 3. The molecule has 2 aliphatic heterocycles. The highest BCUT2D eigenvalue weighted by molar-refractivity contribution is 8.14. The molecular weight excluding hydrogens is 526 g/mol. The molecule has 1 atom stereocenters. The number of methoxy groups -OCH3 is 1. The number of para-hydroxylation sites is 1. The number of carbonyl (C=O) groups is 3. The smallest absolute Gasteiger partial charge is 0.259 e. The number of ether oxygens (including phenoxy) is 1. The average molecular weight is 554 g/mol. The predicted octanol–water partition coefficient (Wildman–Crippen LogP) is 4.52. The van der Waals surface area contributed by atoms with Crippen molar-refractivity contribution in [1.29, 1.82) is 0 Å². The van der Waals surface area contributed by atoms with Crippen molar-refractivity contribution in [1.82, 2.24) is 10.2 Å². The Hall–Kier alpha value is -3.37. The number of aliphatic imine (C=N–C) groups is 2. The first kappa shape index (κ1) is 26.2. The number of benzene rings is 2. The number of rotatable bonds is 7. The molecule has 3 amide bonds. The van der Waals surface area contributed by atoms with E-state index in [-0.39, 0.29) is 35.9 Å². The molecule has 5 rings (SSSR count). The van der Waals surface area contributed by atoms with E-state index in [0.717, 1.165) is 37.4 Å². The van der Waals surface area contributed by atoms with Gasteiger partial charge in [-0.05, 0) is 43.2 Å². The van der Waals surface area contributed by atoms with Gasteiger partial charge in [0.25, 0.3) is 5.91 Å². The summed E-state index contributed by atoms with van der Waals surface area (Å²) in [6.45, 7) is 0. The number of amidine groups is 2. The fraction of sp³-hybridized carbons (Fsp3) is 0.370. The minimum atomic E-state index is -0.838. The Balaban J connectivity index is 1.30. The lowest BCUT2D eigenvalue weighted by Gasteiger charge is -2.25. The Morgan fingerprint density at radius 1 is 1.13 bits per heavy atom. The highest BCUT2D eigenvalue weighted by Crippen LogP contribution is 2.34. The van der Waals surface area contributed by atoms with Crippen LogP contribution in [0.3, 0.4) is 0 Å². The summed E-state index contributed by atoms with van der Waals surface area (Å²) in [5, 5.41) is 6.67. The molecule has 38 heavy (non-hydrogen) atoms. The van der Waals surface area contributed by atoms with E-state index >= 15 is 0 Å². The molecule has 3 aliphatic rings. The zero-order chi connectivity index (χ0) is 26.6. The summed E-state index contributed by atoms with van der Waals surface area (Å²) in [6, 6.07) is 11.7. The van der Waals surface area contributed by atoms with Gasteiger partial charge in [0.2, 0.25) is 11.8 Å². The maximum atomic E-state index is 13.4. The van der Waals surface area contributed by atoms with Crippen LogP contribution in [-0.2, 0) is 14.4 Å². The van der Waals surface area contributed by atoms with E-state index in [1.165, 1.54) is 18.4 Å². The number of nitrogens with zero attached hydrogens (tertiary/aromatic N) is 3. The van der Waals surface area contributed by atoms with Gasteiger partial charge in [0, 0.05) is 16.6 Å². The van der Waals surface area contributed by atoms with Crippen LogP contribution in [0.5, 0.6) is 5.75 Å². The lowest BCUT2D eigenvalue weighted by molar-refractivity contribution is -0.129. The molecule has 0 saturated heterocycles. The third-order valence-electron chi connectivity index (χ3n) is 6.66. The summed E-state index contributed by atoms with van der Waals surface area (Å²) in [5.41, 5.74) is 1.82. The number of hydrogen-bond donors (Lipinski definition) is 2. The van der Waals surface area contributed by atoms with E-state index in [2.05, 4.69) is 20.6 Å². The van der Waals surface area contributed by atoms with E-state index < -0.39 is 6.04 Å². The third-order valence-corrected chi connectivity index (χ3v) is 7.84. The first-order valence-corrected chi connectivity index (χ1v) is 13.9. The molecule has 2 aromatic rings. The molecule has 0 aromatic heterocycles. The molecule has 2 heterocycles. The fourth-order valence-electron chi connectivity index (χ4n) is 4.84. The van der Waals surface area contributed by atoms with Gasteiger partial charge in [-0.2, -0.15) is 0 Å². The van der Waals surface area contributed by atoms with Crippen LogP contribution in [0.25, 0.3) is 0 Å². The van der Waals surface area contributed by atoms with E-state index in [1.807, 2.05) is 24.3 Å². The highest BCUT2D eigenvalue weighted by Gasteiger charge is 2.42. The summed E-state index contributed by atoms with van der Waals surface area (Å²) >= 11 is 7.19. The fourth-order valence-corrected chi connectivity index (χ4v) is 5.81. The Labute approximate surface area is 230 Å². The normalized spacial score (nSPS) is 18.7. The van der Waals surface area contributed by atoms with Crippen LogP contribution in [0, 0.1) is 0 Å². The van der Waals surface area contributed by atoms with Gasteiger partial charge < -0.3 is 15.4 Å². The zero-order valence-corrected chi connectivity index (χ0v) is 22.5. The van der Waals surface area contributed by atoms with Gasteiger partial charge in [-0.25, -0.2) is 9.89 Å².